The van der Waals surface area contributed by atoms with Crippen LogP contribution in [0.2, 0.25) is 0 Å². The fourth-order valence-corrected chi connectivity index (χ4v) is 2.33. The van der Waals surface area contributed by atoms with E-state index in [4.69, 9.17) is 0 Å². The molecule has 1 saturated carbocycles. The molecule has 1 fully saturated rings. The maximum absolute atomic E-state index is 4.03. The van der Waals surface area contributed by atoms with Gasteiger partial charge in [-0.15, -0.1) is 0 Å². The van der Waals surface area contributed by atoms with Crippen LogP contribution in [0.4, 0.5) is 0 Å². The minimum absolute atomic E-state index is 0.819. The molecule has 64 valence electrons. The predicted molar refractivity (Wildman–Crippen MR) is 50.4 cm³/mol. The standard InChI is InChI=1S/C11H20/c1-7(2)11(8(3)4)10-6-9(10)5/h7-8,10-11H,5-6H2,1-4H3. The van der Waals surface area contributed by atoms with Gasteiger partial charge in [-0.3, -0.25) is 0 Å². The molecular weight excluding hydrogens is 132 g/mol. The highest BCUT2D eigenvalue weighted by atomic mass is 14.4. The van der Waals surface area contributed by atoms with Crippen molar-refractivity contribution >= 4 is 0 Å². The van der Waals surface area contributed by atoms with Gasteiger partial charge in [0.15, 0.2) is 0 Å². The first-order valence-electron chi connectivity index (χ1n) is 4.71. The Morgan fingerprint density at radius 3 is 1.64 bits per heavy atom. The first-order chi connectivity index (χ1) is 5.04. The van der Waals surface area contributed by atoms with Crippen molar-refractivity contribution in [1.29, 1.82) is 0 Å². The molecule has 1 aliphatic rings. The molecule has 0 heterocycles. The molecule has 0 amide bonds. The van der Waals surface area contributed by atoms with E-state index in [0.29, 0.717) is 0 Å². The van der Waals surface area contributed by atoms with E-state index in [0.717, 1.165) is 23.7 Å². The Balaban J connectivity index is 2.53. The van der Waals surface area contributed by atoms with Crippen LogP contribution in [0.25, 0.3) is 0 Å². The Kier molecular flexibility index (Phi) is 2.41. The second kappa shape index (κ2) is 3.00. The highest BCUT2D eigenvalue weighted by Gasteiger charge is 2.38. The molecule has 1 atom stereocenters. The molecule has 0 saturated heterocycles. The number of hydrogen-bond acceptors (Lipinski definition) is 0. The lowest BCUT2D eigenvalue weighted by Crippen LogP contribution is -2.17. The summed E-state index contributed by atoms with van der Waals surface area (Å²) in [6.45, 7) is 13.4. The molecule has 1 unspecified atom stereocenters. The fourth-order valence-electron chi connectivity index (χ4n) is 2.33. The molecule has 0 aromatic rings. The minimum Gasteiger partial charge on any atom is -0.0995 e. The fraction of sp³-hybridized carbons (Fsp3) is 0.818. The van der Waals surface area contributed by atoms with E-state index >= 15 is 0 Å². The molecule has 0 bridgehead atoms. The maximum Gasteiger partial charge on any atom is -0.0135 e. The molecule has 0 N–H and O–H groups in total. The number of hydrogen-bond donors (Lipinski definition) is 0. The van der Waals surface area contributed by atoms with Crippen molar-refractivity contribution in [1.82, 2.24) is 0 Å². The van der Waals surface area contributed by atoms with Crippen molar-refractivity contribution in [2.75, 3.05) is 0 Å². The third kappa shape index (κ3) is 1.85. The summed E-state index contributed by atoms with van der Waals surface area (Å²) in [6, 6.07) is 0. The van der Waals surface area contributed by atoms with Gasteiger partial charge in [-0.25, -0.2) is 0 Å². The Labute approximate surface area is 70.7 Å². The van der Waals surface area contributed by atoms with Crippen LogP contribution < -0.4 is 0 Å². The zero-order chi connectivity index (χ0) is 8.59. The largest absolute Gasteiger partial charge is 0.0995 e. The van der Waals surface area contributed by atoms with Gasteiger partial charge in [0.05, 0.1) is 0 Å². The lowest BCUT2D eigenvalue weighted by atomic mass is 9.81. The third-order valence-electron chi connectivity index (χ3n) is 2.85. The summed E-state index contributed by atoms with van der Waals surface area (Å²) in [6.07, 6.45) is 1.29. The Hall–Kier alpha value is -0.260. The molecule has 0 spiro atoms. The maximum atomic E-state index is 4.03. The van der Waals surface area contributed by atoms with Crippen LogP contribution in [0.3, 0.4) is 0 Å². The minimum atomic E-state index is 0.819. The van der Waals surface area contributed by atoms with Crippen LogP contribution >= 0.6 is 0 Å². The van der Waals surface area contributed by atoms with Crippen molar-refractivity contribution in [3.05, 3.63) is 12.2 Å². The van der Waals surface area contributed by atoms with E-state index in [9.17, 15) is 0 Å². The number of allylic oxidation sites excluding steroid dienone is 1. The van der Waals surface area contributed by atoms with Gasteiger partial charge < -0.3 is 0 Å². The highest BCUT2D eigenvalue weighted by molar-refractivity contribution is 5.20. The van der Waals surface area contributed by atoms with Gasteiger partial charge in [-0.1, -0.05) is 39.8 Å². The van der Waals surface area contributed by atoms with Crippen LogP contribution in [-0.2, 0) is 0 Å². The van der Waals surface area contributed by atoms with E-state index in [-0.39, 0.29) is 0 Å². The Morgan fingerprint density at radius 1 is 1.18 bits per heavy atom. The van der Waals surface area contributed by atoms with Crippen LogP contribution in [-0.4, -0.2) is 0 Å². The second-order valence-electron chi connectivity index (χ2n) is 4.53. The molecular formula is C11H20. The lowest BCUT2D eigenvalue weighted by Gasteiger charge is -2.24. The van der Waals surface area contributed by atoms with Crippen LogP contribution in [0.1, 0.15) is 34.1 Å². The van der Waals surface area contributed by atoms with Gasteiger partial charge in [-0.2, -0.15) is 0 Å². The summed E-state index contributed by atoms with van der Waals surface area (Å²) in [7, 11) is 0. The lowest BCUT2D eigenvalue weighted by molar-refractivity contribution is 0.259. The van der Waals surface area contributed by atoms with Crippen LogP contribution in [0.5, 0.6) is 0 Å². The molecule has 0 heteroatoms. The summed E-state index contributed by atoms with van der Waals surface area (Å²) < 4.78 is 0. The van der Waals surface area contributed by atoms with Crippen molar-refractivity contribution < 1.29 is 0 Å². The summed E-state index contributed by atoms with van der Waals surface area (Å²) in [4.78, 5) is 0. The highest BCUT2D eigenvalue weighted by Crippen LogP contribution is 2.47. The topological polar surface area (TPSA) is 0 Å². The van der Waals surface area contributed by atoms with E-state index in [1.807, 2.05) is 0 Å². The molecule has 1 aliphatic carbocycles. The summed E-state index contributed by atoms with van der Waals surface area (Å²) >= 11 is 0. The monoisotopic (exact) mass is 152 g/mol. The average molecular weight is 152 g/mol. The molecule has 0 aromatic carbocycles. The van der Waals surface area contributed by atoms with E-state index in [1.54, 1.807) is 0 Å². The van der Waals surface area contributed by atoms with Crippen molar-refractivity contribution in [2.45, 2.75) is 34.1 Å². The molecule has 0 aliphatic heterocycles. The van der Waals surface area contributed by atoms with Gasteiger partial charge in [-0.05, 0) is 30.1 Å². The quantitative estimate of drug-likeness (QED) is 0.543. The van der Waals surface area contributed by atoms with Gasteiger partial charge in [0.25, 0.3) is 0 Å². The number of rotatable bonds is 3. The first kappa shape index (κ1) is 8.83. The zero-order valence-corrected chi connectivity index (χ0v) is 8.22. The van der Waals surface area contributed by atoms with Crippen molar-refractivity contribution in [3.63, 3.8) is 0 Å². The average Bonchev–Trinajstić information content (AvgIpc) is 2.44. The zero-order valence-electron chi connectivity index (χ0n) is 8.22. The van der Waals surface area contributed by atoms with Gasteiger partial charge in [0, 0.05) is 0 Å². The SMILES string of the molecule is C=C1CC1C(C(C)C)C(C)C. The van der Waals surface area contributed by atoms with Crippen molar-refractivity contribution in [2.24, 2.45) is 23.7 Å². The summed E-state index contributed by atoms with van der Waals surface area (Å²) in [5.74, 6) is 3.37. The van der Waals surface area contributed by atoms with E-state index < -0.39 is 0 Å². The van der Waals surface area contributed by atoms with Crippen LogP contribution in [0.15, 0.2) is 12.2 Å². The molecule has 0 aromatic heterocycles. The Morgan fingerprint density at radius 2 is 1.55 bits per heavy atom. The first-order valence-corrected chi connectivity index (χ1v) is 4.71. The predicted octanol–water partition coefficient (Wildman–Crippen LogP) is 3.49. The van der Waals surface area contributed by atoms with Crippen molar-refractivity contribution in [3.8, 4) is 0 Å². The van der Waals surface area contributed by atoms with Gasteiger partial charge in [0.2, 0.25) is 0 Å². The van der Waals surface area contributed by atoms with Gasteiger partial charge in [0.1, 0.15) is 0 Å². The third-order valence-corrected chi connectivity index (χ3v) is 2.85. The van der Waals surface area contributed by atoms with E-state index in [2.05, 4.69) is 34.3 Å². The molecule has 11 heavy (non-hydrogen) atoms. The normalized spacial score (nSPS) is 23.9. The summed E-state index contributed by atoms with van der Waals surface area (Å²) in [5, 5.41) is 0. The van der Waals surface area contributed by atoms with E-state index in [1.165, 1.54) is 12.0 Å². The second-order valence-corrected chi connectivity index (χ2v) is 4.53. The van der Waals surface area contributed by atoms with Gasteiger partial charge >= 0.3 is 0 Å². The Bertz CT molecular complexity index is 145. The smallest absolute Gasteiger partial charge is 0.0135 e. The molecule has 0 radical (unpaired) electrons. The molecule has 1 rings (SSSR count). The molecule has 0 nitrogen and oxygen atoms in total. The summed E-state index contributed by atoms with van der Waals surface area (Å²) in [5.41, 5.74) is 1.48. The van der Waals surface area contributed by atoms with Crippen LogP contribution in [0, 0.1) is 23.7 Å².